The van der Waals surface area contributed by atoms with Gasteiger partial charge in [0.2, 0.25) is 5.91 Å². The van der Waals surface area contributed by atoms with E-state index in [4.69, 9.17) is 5.73 Å². The van der Waals surface area contributed by atoms with Gasteiger partial charge in [0, 0.05) is 24.5 Å². The third-order valence-electron chi connectivity index (χ3n) is 3.65. The van der Waals surface area contributed by atoms with Crippen LogP contribution in [0.5, 0.6) is 0 Å². The largest absolute Gasteiger partial charge is 0.340 e. The predicted octanol–water partition coefficient (Wildman–Crippen LogP) is 1.12. The molecule has 2 N–H and O–H groups in total. The van der Waals surface area contributed by atoms with Crippen LogP contribution in [0.4, 0.5) is 0 Å². The lowest BCUT2D eigenvalue weighted by Gasteiger charge is -2.40. The Kier molecular flexibility index (Phi) is 2.77. The number of amides is 1. The summed E-state index contributed by atoms with van der Waals surface area (Å²) in [7, 11) is 0. The van der Waals surface area contributed by atoms with Crippen LogP contribution in [0.1, 0.15) is 39.0 Å². The lowest BCUT2D eigenvalue weighted by atomic mass is 9.83. The molecule has 1 saturated heterocycles. The summed E-state index contributed by atoms with van der Waals surface area (Å²) >= 11 is 0. The average Bonchev–Trinajstić information content (AvgIpc) is 2.00. The smallest absolute Gasteiger partial charge is 0.225 e. The molecule has 2 fully saturated rings. The molecule has 0 radical (unpaired) electrons. The fraction of sp³-hybridized carbons (Fsp3) is 0.909. The molecule has 0 spiro atoms. The molecular weight excluding hydrogens is 176 g/mol. The normalized spacial score (nSPS) is 34.0. The van der Waals surface area contributed by atoms with E-state index in [1.54, 1.807) is 0 Å². The molecule has 2 aliphatic rings. The number of nitrogens with zero attached hydrogens (tertiary/aromatic N) is 1. The molecule has 0 aromatic carbocycles. The maximum Gasteiger partial charge on any atom is 0.225 e. The van der Waals surface area contributed by atoms with Gasteiger partial charge in [0.05, 0.1) is 0 Å². The number of likely N-dealkylation sites (tertiary alicyclic amines) is 1. The van der Waals surface area contributed by atoms with E-state index in [-0.39, 0.29) is 0 Å². The van der Waals surface area contributed by atoms with Crippen molar-refractivity contribution in [2.75, 3.05) is 6.54 Å². The van der Waals surface area contributed by atoms with Crippen molar-refractivity contribution in [1.29, 1.82) is 0 Å². The predicted molar refractivity (Wildman–Crippen MR) is 55.7 cm³/mol. The second-order valence-electron chi connectivity index (χ2n) is 4.79. The Balaban J connectivity index is 1.92. The van der Waals surface area contributed by atoms with Gasteiger partial charge < -0.3 is 10.6 Å². The molecule has 2 atom stereocenters. The van der Waals surface area contributed by atoms with Crippen LogP contribution in [0.2, 0.25) is 0 Å². The Morgan fingerprint density at radius 2 is 2.07 bits per heavy atom. The van der Waals surface area contributed by atoms with E-state index in [0.717, 1.165) is 32.2 Å². The van der Waals surface area contributed by atoms with E-state index in [0.29, 0.717) is 23.9 Å². The van der Waals surface area contributed by atoms with Crippen LogP contribution in [0.25, 0.3) is 0 Å². The minimum Gasteiger partial charge on any atom is -0.340 e. The topological polar surface area (TPSA) is 46.3 Å². The van der Waals surface area contributed by atoms with Crippen molar-refractivity contribution < 1.29 is 4.79 Å². The quantitative estimate of drug-likeness (QED) is 0.683. The number of hydrogen-bond acceptors (Lipinski definition) is 2. The Bertz CT molecular complexity index is 225. The molecule has 0 bridgehead atoms. The highest BCUT2D eigenvalue weighted by Crippen LogP contribution is 2.30. The van der Waals surface area contributed by atoms with Gasteiger partial charge in [-0.3, -0.25) is 4.79 Å². The van der Waals surface area contributed by atoms with Crippen LogP contribution in [0, 0.1) is 5.92 Å². The van der Waals surface area contributed by atoms with Crippen LogP contribution in [0.3, 0.4) is 0 Å². The first-order chi connectivity index (χ1) is 6.68. The molecule has 0 aromatic rings. The minimum absolute atomic E-state index is 0.301. The van der Waals surface area contributed by atoms with E-state index in [1.165, 1.54) is 6.42 Å². The van der Waals surface area contributed by atoms with Gasteiger partial charge >= 0.3 is 0 Å². The molecule has 1 aliphatic heterocycles. The summed E-state index contributed by atoms with van der Waals surface area (Å²) < 4.78 is 0. The summed E-state index contributed by atoms with van der Waals surface area (Å²) in [6, 6.07) is 0.655. The summed E-state index contributed by atoms with van der Waals surface area (Å²) in [4.78, 5) is 14.0. The Morgan fingerprint density at radius 1 is 1.36 bits per heavy atom. The second-order valence-corrected chi connectivity index (χ2v) is 4.79. The summed E-state index contributed by atoms with van der Waals surface area (Å²) in [5.41, 5.74) is 5.87. The molecule has 1 amide bonds. The molecule has 2 rings (SSSR count). The summed E-state index contributed by atoms with van der Waals surface area (Å²) in [6.07, 6.45) is 5.39. The first kappa shape index (κ1) is 9.97. The van der Waals surface area contributed by atoms with Crippen molar-refractivity contribution in [3.8, 4) is 0 Å². The summed E-state index contributed by atoms with van der Waals surface area (Å²) in [5, 5.41) is 0. The molecule has 1 heterocycles. The molecule has 1 aliphatic carbocycles. The van der Waals surface area contributed by atoms with Crippen molar-refractivity contribution in [3.05, 3.63) is 0 Å². The number of carbonyl (C=O) groups is 1. The van der Waals surface area contributed by atoms with E-state index >= 15 is 0 Å². The monoisotopic (exact) mass is 196 g/mol. The third-order valence-corrected chi connectivity index (χ3v) is 3.65. The highest BCUT2D eigenvalue weighted by Gasteiger charge is 2.33. The van der Waals surface area contributed by atoms with Gasteiger partial charge in [-0.15, -0.1) is 0 Å². The Labute approximate surface area is 85.6 Å². The van der Waals surface area contributed by atoms with E-state index in [1.807, 2.05) is 4.90 Å². The van der Waals surface area contributed by atoms with Crippen LogP contribution in [0.15, 0.2) is 0 Å². The van der Waals surface area contributed by atoms with Crippen molar-refractivity contribution in [3.63, 3.8) is 0 Å². The molecule has 2 unspecified atom stereocenters. The number of nitrogens with two attached hydrogens (primary N) is 1. The molecule has 1 saturated carbocycles. The fourth-order valence-electron chi connectivity index (χ4n) is 2.43. The zero-order chi connectivity index (χ0) is 10.1. The van der Waals surface area contributed by atoms with Crippen molar-refractivity contribution in [2.24, 2.45) is 11.7 Å². The zero-order valence-corrected chi connectivity index (χ0v) is 8.91. The number of carbonyl (C=O) groups excluding carboxylic acids is 1. The fourth-order valence-corrected chi connectivity index (χ4v) is 2.43. The maximum absolute atomic E-state index is 12.0. The number of piperidine rings is 1. The highest BCUT2D eigenvalue weighted by atomic mass is 16.2. The SMILES string of the molecule is CC1CC(N)CCN1C(=O)C1CCC1. The Morgan fingerprint density at radius 3 is 2.57 bits per heavy atom. The summed E-state index contributed by atoms with van der Waals surface area (Å²) in [5.74, 6) is 0.724. The second kappa shape index (κ2) is 3.89. The summed E-state index contributed by atoms with van der Waals surface area (Å²) in [6.45, 7) is 2.99. The average molecular weight is 196 g/mol. The van der Waals surface area contributed by atoms with Crippen LogP contribution < -0.4 is 5.73 Å². The van der Waals surface area contributed by atoms with Crippen molar-refractivity contribution in [1.82, 2.24) is 4.90 Å². The van der Waals surface area contributed by atoms with Crippen LogP contribution >= 0.6 is 0 Å². The maximum atomic E-state index is 12.0. The lowest BCUT2D eigenvalue weighted by Crippen LogP contribution is -2.51. The van der Waals surface area contributed by atoms with Gasteiger partial charge in [-0.25, -0.2) is 0 Å². The van der Waals surface area contributed by atoms with Gasteiger partial charge in [0.15, 0.2) is 0 Å². The van der Waals surface area contributed by atoms with Crippen LogP contribution in [-0.2, 0) is 4.79 Å². The van der Waals surface area contributed by atoms with Crippen LogP contribution in [-0.4, -0.2) is 29.4 Å². The lowest BCUT2D eigenvalue weighted by molar-refractivity contribution is -0.141. The Hall–Kier alpha value is -0.570. The van der Waals surface area contributed by atoms with E-state index < -0.39 is 0 Å². The molecule has 80 valence electrons. The van der Waals surface area contributed by atoms with Gasteiger partial charge in [0.25, 0.3) is 0 Å². The van der Waals surface area contributed by atoms with E-state index in [2.05, 4.69) is 6.92 Å². The van der Waals surface area contributed by atoms with Crippen molar-refractivity contribution in [2.45, 2.75) is 51.1 Å². The molecule has 3 nitrogen and oxygen atoms in total. The molecule has 3 heteroatoms. The first-order valence-electron chi connectivity index (χ1n) is 5.74. The van der Waals surface area contributed by atoms with Crippen molar-refractivity contribution >= 4 is 5.91 Å². The molecule has 0 aromatic heterocycles. The van der Waals surface area contributed by atoms with Gasteiger partial charge in [-0.1, -0.05) is 6.42 Å². The molecule has 14 heavy (non-hydrogen) atoms. The number of rotatable bonds is 1. The van der Waals surface area contributed by atoms with Gasteiger partial charge in [-0.05, 0) is 32.6 Å². The van der Waals surface area contributed by atoms with Gasteiger partial charge in [0.1, 0.15) is 0 Å². The number of hydrogen-bond donors (Lipinski definition) is 1. The standard InChI is InChI=1S/C11H20N2O/c1-8-7-10(12)5-6-13(8)11(14)9-3-2-4-9/h8-10H,2-7,12H2,1H3. The first-order valence-corrected chi connectivity index (χ1v) is 5.74. The highest BCUT2D eigenvalue weighted by molar-refractivity contribution is 5.80. The molecular formula is C11H20N2O. The zero-order valence-electron chi connectivity index (χ0n) is 8.91. The van der Waals surface area contributed by atoms with E-state index in [9.17, 15) is 4.79 Å². The minimum atomic E-state index is 0.301. The third kappa shape index (κ3) is 1.78. The van der Waals surface area contributed by atoms with Gasteiger partial charge in [-0.2, -0.15) is 0 Å².